The highest BCUT2D eigenvalue weighted by molar-refractivity contribution is 7.90. The Morgan fingerprint density at radius 3 is 2.35 bits per heavy atom. The van der Waals surface area contributed by atoms with Gasteiger partial charge in [-0.3, -0.25) is 4.79 Å². The van der Waals surface area contributed by atoms with Gasteiger partial charge in [-0.15, -0.1) is 12.4 Å². The first kappa shape index (κ1) is 21.9. The molecule has 1 amide bonds. The zero-order valence-corrected chi connectivity index (χ0v) is 16.0. The highest BCUT2D eigenvalue weighted by atomic mass is 35.5. The highest BCUT2D eigenvalue weighted by Gasteiger charge is 2.27. The molecule has 0 radical (unpaired) electrons. The van der Waals surface area contributed by atoms with Gasteiger partial charge in [0, 0.05) is 23.9 Å². The predicted octanol–water partition coefficient (Wildman–Crippen LogP) is 2.31. The Morgan fingerprint density at radius 1 is 1.35 bits per heavy atom. The summed E-state index contributed by atoms with van der Waals surface area (Å²) in [5.41, 5.74) is 6.39. The van der Waals surface area contributed by atoms with Crippen molar-refractivity contribution < 1.29 is 13.2 Å². The Hall–Kier alpha value is -1.11. The van der Waals surface area contributed by atoms with Crippen LogP contribution in [0.25, 0.3) is 0 Å². The van der Waals surface area contributed by atoms with Gasteiger partial charge in [0.05, 0.1) is 4.90 Å². The van der Waals surface area contributed by atoms with Gasteiger partial charge in [-0.05, 0) is 43.9 Å². The van der Waals surface area contributed by atoms with Crippen LogP contribution in [0.1, 0.15) is 43.1 Å². The fourth-order valence-electron chi connectivity index (χ4n) is 2.50. The van der Waals surface area contributed by atoms with Crippen molar-refractivity contribution in [2.24, 2.45) is 11.7 Å². The molecule has 0 spiro atoms. The zero-order valence-electron chi connectivity index (χ0n) is 14.3. The second kappa shape index (κ2) is 8.13. The van der Waals surface area contributed by atoms with Crippen molar-refractivity contribution in [2.75, 3.05) is 12.8 Å². The van der Waals surface area contributed by atoms with E-state index in [2.05, 4.69) is 19.2 Å². The molecule has 0 aliphatic heterocycles. The van der Waals surface area contributed by atoms with Crippen LogP contribution in [0.4, 0.5) is 0 Å². The molecule has 1 atom stereocenters. The molecule has 7 heteroatoms. The second-order valence-corrected chi connectivity index (χ2v) is 8.58. The Bertz CT molecular complexity index is 659. The first-order chi connectivity index (χ1) is 9.98. The van der Waals surface area contributed by atoms with Crippen molar-refractivity contribution in [3.05, 3.63) is 29.3 Å². The maximum Gasteiger partial charge on any atom is 0.252 e. The Morgan fingerprint density at radius 2 is 1.91 bits per heavy atom. The van der Waals surface area contributed by atoms with Gasteiger partial charge in [-0.1, -0.05) is 19.9 Å². The number of halogens is 1. The predicted molar refractivity (Wildman–Crippen MR) is 95.9 cm³/mol. The molecule has 3 N–H and O–H groups in total. The molecule has 1 unspecified atom stereocenters. The number of hydrogen-bond donors (Lipinski definition) is 2. The van der Waals surface area contributed by atoms with Gasteiger partial charge in [0.15, 0.2) is 9.84 Å². The summed E-state index contributed by atoms with van der Waals surface area (Å²) in [7, 11) is -3.35. The molecule has 0 aliphatic carbocycles. The number of sulfone groups is 1. The second-order valence-electron chi connectivity index (χ2n) is 6.57. The summed E-state index contributed by atoms with van der Waals surface area (Å²) in [6.45, 7) is 8.14. The molecule has 23 heavy (non-hydrogen) atoms. The number of aryl methyl sites for hydroxylation is 1. The molecule has 1 rings (SSSR count). The molecular formula is C16H27ClN2O3S. The van der Waals surface area contributed by atoms with Crippen LogP contribution in [0.5, 0.6) is 0 Å². The van der Waals surface area contributed by atoms with Crippen LogP contribution in [0, 0.1) is 12.8 Å². The van der Waals surface area contributed by atoms with Crippen molar-refractivity contribution in [1.29, 1.82) is 0 Å². The van der Waals surface area contributed by atoms with Gasteiger partial charge < -0.3 is 11.1 Å². The van der Waals surface area contributed by atoms with Crippen LogP contribution in [0.2, 0.25) is 0 Å². The SMILES string of the molecule is Cc1ccc(S(C)(=O)=O)cc1C(=O)NC(C)(CN)CC(C)C.Cl. The van der Waals surface area contributed by atoms with Crippen LogP contribution < -0.4 is 11.1 Å². The van der Waals surface area contributed by atoms with Gasteiger partial charge >= 0.3 is 0 Å². The number of rotatable bonds is 6. The molecule has 5 nitrogen and oxygen atoms in total. The molecule has 132 valence electrons. The van der Waals surface area contributed by atoms with Gasteiger partial charge in [-0.25, -0.2) is 8.42 Å². The average molecular weight is 363 g/mol. The fraction of sp³-hybridized carbons (Fsp3) is 0.562. The third-order valence-corrected chi connectivity index (χ3v) is 4.72. The normalized spacial score (nSPS) is 14.0. The monoisotopic (exact) mass is 362 g/mol. The van der Waals surface area contributed by atoms with E-state index in [1.54, 1.807) is 13.0 Å². The van der Waals surface area contributed by atoms with Crippen LogP contribution >= 0.6 is 12.4 Å². The van der Waals surface area contributed by atoms with E-state index < -0.39 is 15.4 Å². The van der Waals surface area contributed by atoms with E-state index in [4.69, 9.17) is 5.73 Å². The summed E-state index contributed by atoms with van der Waals surface area (Å²) >= 11 is 0. The van der Waals surface area contributed by atoms with Gasteiger partial charge in [0.1, 0.15) is 0 Å². The summed E-state index contributed by atoms with van der Waals surface area (Å²) in [4.78, 5) is 12.7. The number of nitrogens with two attached hydrogens (primary N) is 1. The third kappa shape index (κ3) is 6.12. The molecule has 1 aromatic carbocycles. The van der Waals surface area contributed by atoms with Gasteiger partial charge in [0.2, 0.25) is 0 Å². The first-order valence-electron chi connectivity index (χ1n) is 7.32. The minimum absolute atomic E-state index is 0. The molecule has 0 fully saturated rings. The third-order valence-electron chi connectivity index (χ3n) is 3.61. The lowest BCUT2D eigenvalue weighted by molar-refractivity contribution is 0.0897. The van der Waals surface area contributed by atoms with E-state index in [1.165, 1.54) is 12.1 Å². The topological polar surface area (TPSA) is 89.3 Å². The fourth-order valence-corrected chi connectivity index (χ4v) is 3.15. The van der Waals surface area contributed by atoms with Crippen LogP contribution in [0.15, 0.2) is 23.1 Å². The summed E-state index contributed by atoms with van der Waals surface area (Å²) in [6.07, 6.45) is 1.88. The van der Waals surface area contributed by atoms with Crippen molar-refractivity contribution >= 4 is 28.2 Å². The summed E-state index contributed by atoms with van der Waals surface area (Å²) < 4.78 is 23.3. The summed E-state index contributed by atoms with van der Waals surface area (Å²) in [6, 6.07) is 4.58. The van der Waals surface area contributed by atoms with Crippen LogP contribution in [0.3, 0.4) is 0 Å². The number of amides is 1. The van der Waals surface area contributed by atoms with Crippen molar-refractivity contribution in [1.82, 2.24) is 5.32 Å². The van der Waals surface area contributed by atoms with Gasteiger partial charge in [-0.2, -0.15) is 0 Å². The minimum atomic E-state index is -3.35. The van der Waals surface area contributed by atoms with Gasteiger partial charge in [0.25, 0.3) is 5.91 Å². The molecule has 0 saturated carbocycles. The molecule has 0 heterocycles. The number of hydrogen-bond acceptors (Lipinski definition) is 4. The van der Waals surface area contributed by atoms with Crippen molar-refractivity contribution in [3.63, 3.8) is 0 Å². The molecule has 0 saturated heterocycles. The smallest absolute Gasteiger partial charge is 0.252 e. The van der Waals surface area contributed by atoms with E-state index in [-0.39, 0.29) is 23.2 Å². The Labute approximate surface area is 145 Å². The lowest BCUT2D eigenvalue weighted by Crippen LogP contribution is -2.52. The molecule has 0 bridgehead atoms. The van der Waals surface area contributed by atoms with Crippen molar-refractivity contribution in [2.45, 2.75) is 44.6 Å². The number of benzene rings is 1. The molecule has 0 aromatic heterocycles. The van der Waals surface area contributed by atoms with E-state index >= 15 is 0 Å². The maximum atomic E-state index is 12.5. The number of carbonyl (C=O) groups excluding carboxylic acids is 1. The van der Waals surface area contributed by atoms with Crippen molar-refractivity contribution in [3.8, 4) is 0 Å². The Balaban J connectivity index is 0.00000484. The lowest BCUT2D eigenvalue weighted by atomic mass is 9.90. The molecule has 0 aliphatic rings. The largest absolute Gasteiger partial charge is 0.346 e. The van der Waals surface area contributed by atoms with E-state index in [1.807, 2.05) is 6.92 Å². The molecular weight excluding hydrogens is 336 g/mol. The maximum absolute atomic E-state index is 12.5. The van der Waals surface area contributed by atoms with E-state index in [0.29, 0.717) is 18.0 Å². The van der Waals surface area contributed by atoms with E-state index in [0.717, 1.165) is 18.2 Å². The Kier molecular flexibility index (Phi) is 7.73. The van der Waals surface area contributed by atoms with Crippen LogP contribution in [-0.2, 0) is 9.84 Å². The molecule has 1 aromatic rings. The summed E-state index contributed by atoms with van der Waals surface area (Å²) in [5.74, 6) is 0.0916. The highest BCUT2D eigenvalue weighted by Crippen LogP contribution is 2.19. The average Bonchev–Trinajstić information content (AvgIpc) is 2.36. The minimum Gasteiger partial charge on any atom is -0.346 e. The standard InChI is InChI=1S/C16H26N2O3S.ClH/c1-11(2)9-16(4,10-17)18-15(19)14-8-13(22(5,20)21)7-6-12(14)3;/h6-8,11H,9-10,17H2,1-5H3,(H,18,19);1H. The number of carbonyl (C=O) groups is 1. The lowest BCUT2D eigenvalue weighted by Gasteiger charge is -2.31. The van der Waals surface area contributed by atoms with Crippen LogP contribution in [-0.4, -0.2) is 32.7 Å². The summed E-state index contributed by atoms with van der Waals surface area (Å²) in [5, 5.41) is 2.95. The quantitative estimate of drug-likeness (QED) is 0.812. The zero-order chi connectivity index (χ0) is 17.1. The number of nitrogens with one attached hydrogen (secondary N) is 1. The van der Waals surface area contributed by atoms with E-state index in [9.17, 15) is 13.2 Å². The first-order valence-corrected chi connectivity index (χ1v) is 9.21.